The molecule has 1 heterocycles. The van der Waals surface area contributed by atoms with Crippen LogP contribution in [0.3, 0.4) is 0 Å². The molecule has 0 aromatic heterocycles. The predicted molar refractivity (Wildman–Crippen MR) is 89.2 cm³/mol. The molecule has 21 heavy (non-hydrogen) atoms. The van der Waals surface area contributed by atoms with Crippen LogP contribution in [0.25, 0.3) is 0 Å². The second-order valence-corrected chi connectivity index (χ2v) is 8.72. The molecule has 1 aliphatic rings. The van der Waals surface area contributed by atoms with Crippen LogP contribution in [-0.2, 0) is 5.60 Å². The molecule has 2 nitrogen and oxygen atoms in total. The number of likely N-dealkylation sites (tertiary alicyclic amines) is 1. The van der Waals surface area contributed by atoms with E-state index in [4.69, 9.17) is 0 Å². The molecule has 2 atom stereocenters. The second kappa shape index (κ2) is 5.40. The maximum atomic E-state index is 11.4. The van der Waals surface area contributed by atoms with Crippen molar-refractivity contribution in [3.8, 4) is 0 Å². The smallest absolute Gasteiger partial charge is 0.103 e. The minimum absolute atomic E-state index is 0.0761. The van der Waals surface area contributed by atoms with Gasteiger partial charge in [-0.25, -0.2) is 0 Å². The number of β-amino-alcohol motifs (C(OH)–C–C–N with tert-alkyl or cyclic N) is 1. The van der Waals surface area contributed by atoms with Crippen molar-refractivity contribution in [3.63, 3.8) is 0 Å². The molecule has 2 heteroatoms. The fraction of sp³-hybridized carbons (Fsp3) is 0.684. The van der Waals surface area contributed by atoms with Gasteiger partial charge in [-0.1, -0.05) is 51.1 Å². The number of rotatable bonds is 1. The molecule has 118 valence electrons. The highest BCUT2D eigenvalue weighted by Gasteiger charge is 2.45. The van der Waals surface area contributed by atoms with Crippen LogP contribution < -0.4 is 0 Å². The van der Waals surface area contributed by atoms with Gasteiger partial charge in [-0.2, -0.15) is 0 Å². The first-order valence-corrected chi connectivity index (χ1v) is 8.05. The van der Waals surface area contributed by atoms with Crippen LogP contribution >= 0.6 is 0 Å². The molecule has 1 fully saturated rings. The van der Waals surface area contributed by atoms with Crippen molar-refractivity contribution in [2.24, 2.45) is 11.3 Å². The highest BCUT2D eigenvalue weighted by Crippen LogP contribution is 2.43. The summed E-state index contributed by atoms with van der Waals surface area (Å²) in [4.78, 5) is 2.44. The van der Waals surface area contributed by atoms with Gasteiger partial charge in [0.25, 0.3) is 0 Å². The normalized spacial score (nSPS) is 28.6. The van der Waals surface area contributed by atoms with E-state index in [2.05, 4.69) is 58.6 Å². The average molecular weight is 289 g/mol. The Bertz CT molecular complexity index is 445. The molecule has 1 aromatic rings. The number of benzene rings is 1. The first-order chi connectivity index (χ1) is 9.52. The predicted octanol–water partition coefficient (Wildman–Crippen LogP) is 4.04. The number of nitrogens with zero attached hydrogens (tertiary/aromatic N) is 1. The van der Waals surface area contributed by atoms with Crippen LogP contribution in [-0.4, -0.2) is 28.6 Å². The van der Waals surface area contributed by atoms with E-state index >= 15 is 0 Å². The Morgan fingerprint density at radius 1 is 1.05 bits per heavy atom. The fourth-order valence-electron chi connectivity index (χ4n) is 3.23. The molecule has 1 N–H and O–H groups in total. The van der Waals surface area contributed by atoms with E-state index in [0.29, 0.717) is 12.5 Å². The van der Waals surface area contributed by atoms with Gasteiger partial charge in [-0.3, -0.25) is 4.90 Å². The Hall–Kier alpha value is -0.860. The van der Waals surface area contributed by atoms with Crippen LogP contribution in [0.1, 0.15) is 53.5 Å². The van der Waals surface area contributed by atoms with Crippen molar-refractivity contribution in [3.05, 3.63) is 35.9 Å². The molecule has 0 amide bonds. The van der Waals surface area contributed by atoms with E-state index in [1.54, 1.807) is 0 Å². The van der Waals surface area contributed by atoms with Crippen molar-refractivity contribution >= 4 is 0 Å². The summed E-state index contributed by atoms with van der Waals surface area (Å²) in [7, 11) is 0. The van der Waals surface area contributed by atoms with E-state index in [-0.39, 0.29) is 11.0 Å². The van der Waals surface area contributed by atoms with E-state index < -0.39 is 5.60 Å². The van der Waals surface area contributed by atoms with Crippen molar-refractivity contribution < 1.29 is 5.11 Å². The highest BCUT2D eigenvalue weighted by atomic mass is 16.3. The zero-order valence-electron chi connectivity index (χ0n) is 14.5. The lowest BCUT2D eigenvalue weighted by atomic mass is 9.69. The third kappa shape index (κ3) is 3.67. The summed E-state index contributed by atoms with van der Waals surface area (Å²) in [6, 6.07) is 10.2. The van der Waals surface area contributed by atoms with Crippen LogP contribution in [0, 0.1) is 11.3 Å². The summed E-state index contributed by atoms with van der Waals surface area (Å²) in [6.07, 6.45) is 0.840. The first-order valence-electron chi connectivity index (χ1n) is 8.05. The van der Waals surface area contributed by atoms with Crippen LogP contribution in [0.15, 0.2) is 30.3 Å². The Labute approximate surface area is 130 Å². The Balaban J connectivity index is 2.37. The van der Waals surface area contributed by atoms with Crippen molar-refractivity contribution in [1.29, 1.82) is 0 Å². The summed E-state index contributed by atoms with van der Waals surface area (Å²) in [5.41, 5.74) is 0.581. The van der Waals surface area contributed by atoms with E-state index in [1.807, 2.05) is 18.2 Å². The lowest BCUT2D eigenvalue weighted by Gasteiger charge is -2.52. The largest absolute Gasteiger partial charge is 0.384 e. The quantitative estimate of drug-likeness (QED) is 0.843. The second-order valence-electron chi connectivity index (χ2n) is 8.72. The highest BCUT2D eigenvalue weighted by molar-refractivity contribution is 5.24. The number of hydrogen-bond donors (Lipinski definition) is 1. The van der Waals surface area contributed by atoms with Gasteiger partial charge in [0.15, 0.2) is 0 Å². The number of piperidine rings is 1. The van der Waals surface area contributed by atoms with Gasteiger partial charge in [-0.05, 0) is 44.1 Å². The summed E-state index contributed by atoms with van der Waals surface area (Å²) >= 11 is 0. The lowest BCUT2D eigenvalue weighted by molar-refractivity contribution is -0.103. The molecular formula is C19H31NO. The van der Waals surface area contributed by atoms with Gasteiger partial charge >= 0.3 is 0 Å². The zero-order chi connectivity index (χ0) is 15.9. The fourth-order valence-corrected chi connectivity index (χ4v) is 3.23. The number of aliphatic hydroxyl groups is 1. The monoisotopic (exact) mass is 289 g/mol. The van der Waals surface area contributed by atoms with Crippen LogP contribution in [0.4, 0.5) is 0 Å². The first kappa shape index (κ1) is 16.5. The van der Waals surface area contributed by atoms with E-state index in [9.17, 15) is 5.11 Å². The minimum atomic E-state index is -0.745. The van der Waals surface area contributed by atoms with Crippen molar-refractivity contribution in [2.45, 2.75) is 59.1 Å². The standard InChI is InChI=1S/C19H31NO/c1-17(2,3)16-12-19(21,15-10-8-7-9-11-15)14-20(13-16)18(4,5)6/h7-11,16,21H,12-14H2,1-6H3/t16-,19-/m0/s1. The summed E-state index contributed by atoms with van der Waals surface area (Å²) in [5, 5.41) is 11.4. The summed E-state index contributed by atoms with van der Waals surface area (Å²) in [5.74, 6) is 0.482. The molecule has 0 aliphatic carbocycles. The molecule has 0 bridgehead atoms. The van der Waals surface area contributed by atoms with E-state index in [1.165, 1.54) is 0 Å². The molecule has 0 saturated carbocycles. The van der Waals surface area contributed by atoms with E-state index in [0.717, 1.165) is 18.5 Å². The van der Waals surface area contributed by atoms with Gasteiger partial charge in [0.2, 0.25) is 0 Å². The lowest BCUT2D eigenvalue weighted by Crippen LogP contribution is -2.58. The van der Waals surface area contributed by atoms with Crippen LogP contribution in [0.5, 0.6) is 0 Å². The molecule has 2 rings (SSSR count). The SMILES string of the molecule is CC(C)(C)[C@@H]1CN(C(C)(C)C)C[C@](O)(c2ccccc2)C1. The summed E-state index contributed by atoms with van der Waals surface area (Å²) < 4.78 is 0. The van der Waals surface area contributed by atoms with Crippen molar-refractivity contribution in [2.75, 3.05) is 13.1 Å². The molecule has 0 unspecified atom stereocenters. The maximum Gasteiger partial charge on any atom is 0.103 e. The topological polar surface area (TPSA) is 23.5 Å². The van der Waals surface area contributed by atoms with Gasteiger partial charge in [0.05, 0.1) is 0 Å². The third-order valence-corrected chi connectivity index (χ3v) is 4.96. The Morgan fingerprint density at radius 3 is 2.10 bits per heavy atom. The van der Waals surface area contributed by atoms with Gasteiger partial charge in [0.1, 0.15) is 5.60 Å². The number of hydrogen-bond acceptors (Lipinski definition) is 2. The molecule has 1 aliphatic heterocycles. The molecule has 1 aromatic carbocycles. The summed E-state index contributed by atoms with van der Waals surface area (Å²) in [6.45, 7) is 15.4. The Kier molecular flexibility index (Phi) is 4.25. The van der Waals surface area contributed by atoms with Gasteiger partial charge in [0, 0.05) is 18.6 Å². The van der Waals surface area contributed by atoms with Gasteiger partial charge < -0.3 is 5.11 Å². The zero-order valence-corrected chi connectivity index (χ0v) is 14.5. The molecule has 1 saturated heterocycles. The van der Waals surface area contributed by atoms with Gasteiger partial charge in [-0.15, -0.1) is 0 Å². The maximum absolute atomic E-state index is 11.4. The third-order valence-electron chi connectivity index (χ3n) is 4.96. The molecule has 0 spiro atoms. The van der Waals surface area contributed by atoms with Crippen LogP contribution in [0.2, 0.25) is 0 Å². The Morgan fingerprint density at radius 2 is 1.62 bits per heavy atom. The molecular weight excluding hydrogens is 258 g/mol. The van der Waals surface area contributed by atoms with Crippen molar-refractivity contribution in [1.82, 2.24) is 4.90 Å². The average Bonchev–Trinajstić information content (AvgIpc) is 2.37. The minimum Gasteiger partial charge on any atom is -0.384 e. The molecule has 0 radical (unpaired) electrons.